The smallest absolute Gasteiger partial charge is 0.306 e. The molecule has 17 heteroatoms. The summed E-state index contributed by atoms with van der Waals surface area (Å²) in [7, 11) is 0. The Morgan fingerprint density at radius 3 is 1.29 bits per heavy atom. The third-order valence-corrected chi connectivity index (χ3v) is 18.0. The van der Waals surface area contributed by atoms with E-state index in [0.717, 1.165) is 62.5 Å². The molecule has 0 spiro atoms. The topological polar surface area (TPSA) is 232 Å². The lowest BCUT2D eigenvalue weighted by Crippen LogP contribution is -2.56. The average Bonchev–Trinajstić information content (AvgIpc) is 3.14. The Labute approximate surface area is 521 Å². The van der Waals surface area contributed by atoms with Crippen LogP contribution >= 0.6 is 11.8 Å². The fourth-order valence-electron chi connectivity index (χ4n) is 11.3. The van der Waals surface area contributed by atoms with Crippen LogP contribution in [-0.4, -0.2) is 120 Å². The number of aliphatic hydroxyl groups is 4. The molecule has 0 aliphatic carbocycles. The van der Waals surface area contributed by atoms with Gasteiger partial charge in [0.05, 0.1) is 12.8 Å². The number of hydrogen-bond acceptors (Lipinski definition) is 14. The molecule has 2 amide bonds. The second-order valence-electron chi connectivity index (χ2n) is 24.8. The molecule has 5 unspecified atom stereocenters. The number of hydrogen-bond donors (Lipinski definition) is 6. The maximum Gasteiger partial charge on any atom is 0.306 e. The maximum atomic E-state index is 14.0. The van der Waals surface area contributed by atoms with Crippen LogP contribution in [0.2, 0.25) is 0 Å². The van der Waals surface area contributed by atoms with Crippen molar-refractivity contribution >= 4 is 41.3 Å². The number of aromatic nitrogens is 3. The molecule has 1 aliphatic heterocycles. The molecule has 1 aromatic heterocycles. The van der Waals surface area contributed by atoms with Crippen LogP contribution in [0.4, 0.5) is 5.82 Å². The fourth-order valence-corrected chi connectivity index (χ4v) is 12.3. The SMILES string of the molecule is CCCCCCCCCCCCCCCCCC(=O)N[C@H](CSC[C@@H](COC(=O)CCCCCCCCCCCCCCCCC)OC(=O)CCCCCCCCCCCCCCCCC)C(=O)Nc1cn(C2OC(CO)C(O)C(O)C2O)nn1. The van der Waals surface area contributed by atoms with Gasteiger partial charge in [-0.15, -0.1) is 5.10 Å². The Bertz CT molecular complexity index is 1740. The van der Waals surface area contributed by atoms with Crippen molar-refractivity contribution in [2.24, 2.45) is 0 Å². The van der Waals surface area contributed by atoms with Crippen LogP contribution in [0.1, 0.15) is 335 Å². The summed E-state index contributed by atoms with van der Waals surface area (Å²) in [6.45, 7) is 6.03. The average molecular weight is 1220 g/mol. The van der Waals surface area contributed by atoms with Gasteiger partial charge in [0.25, 0.3) is 0 Å². The van der Waals surface area contributed by atoms with Crippen LogP contribution in [-0.2, 0) is 33.4 Å². The second kappa shape index (κ2) is 55.3. The third kappa shape index (κ3) is 41.9. The number of nitrogens with one attached hydrogen (secondary N) is 2. The lowest BCUT2D eigenvalue weighted by Gasteiger charge is -2.39. The molecule has 85 heavy (non-hydrogen) atoms. The fraction of sp³-hybridized carbons (Fsp3) is 0.912. The number of amides is 2. The van der Waals surface area contributed by atoms with Crippen molar-refractivity contribution < 1.29 is 53.8 Å². The Morgan fingerprint density at radius 1 is 0.518 bits per heavy atom. The van der Waals surface area contributed by atoms with Gasteiger partial charge in [-0.05, 0) is 19.3 Å². The number of esters is 2. The Hall–Kier alpha value is -2.83. The highest BCUT2D eigenvalue weighted by Gasteiger charge is 2.45. The van der Waals surface area contributed by atoms with Crippen LogP contribution < -0.4 is 10.6 Å². The number of unbranched alkanes of at least 4 members (excludes halogenated alkanes) is 42. The van der Waals surface area contributed by atoms with Crippen LogP contribution in [0.25, 0.3) is 0 Å². The molecule has 1 saturated heterocycles. The summed E-state index contributed by atoms with van der Waals surface area (Å²) >= 11 is 1.30. The monoisotopic (exact) mass is 1220 g/mol. The predicted octanol–water partition coefficient (Wildman–Crippen LogP) is 15.6. The van der Waals surface area contributed by atoms with E-state index >= 15 is 0 Å². The van der Waals surface area contributed by atoms with E-state index in [0.29, 0.717) is 19.3 Å². The highest BCUT2D eigenvalue weighted by atomic mass is 32.2. The lowest BCUT2D eigenvalue weighted by atomic mass is 9.98. The van der Waals surface area contributed by atoms with Gasteiger partial charge < -0.3 is 45.3 Å². The molecule has 6 N–H and O–H groups in total. The van der Waals surface area contributed by atoms with E-state index in [-0.39, 0.29) is 54.6 Å². The van der Waals surface area contributed by atoms with Crippen molar-refractivity contribution in [2.75, 3.05) is 30.0 Å². The molecule has 1 fully saturated rings. The molecule has 1 aliphatic rings. The first-order chi connectivity index (χ1) is 41.5. The van der Waals surface area contributed by atoms with Crippen molar-refractivity contribution in [3.05, 3.63) is 6.20 Å². The van der Waals surface area contributed by atoms with E-state index in [2.05, 4.69) is 41.7 Å². The first-order valence-corrected chi connectivity index (χ1v) is 36.4. The minimum atomic E-state index is -1.64. The number of carbonyl (C=O) groups is 4. The van der Waals surface area contributed by atoms with E-state index in [1.165, 1.54) is 236 Å². The number of aliphatic hydroxyl groups excluding tert-OH is 4. The highest BCUT2D eigenvalue weighted by molar-refractivity contribution is 7.99. The molecule has 16 nitrogen and oxygen atoms in total. The minimum absolute atomic E-state index is 0.0276. The van der Waals surface area contributed by atoms with Crippen molar-refractivity contribution in [3.63, 3.8) is 0 Å². The summed E-state index contributed by atoms with van der Waals surface area (Å²) in [5.41, 5.74) is 0. The van der Waals surface area contributed by atoms with E-state index in [9.17, 15) is 39.6 Å². The van der Waals surface area contributed by atoms with Gasteiger partial charge in [-0.1, -0.05) is 296 Å². The van der Waals surface area contributed by atoms with Gasteiger partial charge in [-0.2, -0.15) is 11.8 Å². The Balaban J connectivity index is 1.97. The van der Waals surface area contributed by atoms with Crippen molar-refractivity contribution in [1.29, 1.82) is 0 Å². The van der Waals surface area contributed by atoms with Gasteiger partial charge in [0.2, 0.25) is 11.8 Å². The number of anilines is 1. The Morgan fingerprint density at radius 2 is 0.894 bits per heavy atom. The quantitative estimate of drug-likeness (QED) is 0.0263. The lowest BCUT2D eigenvalue weighted by molar-refractivity contribution is -0.254. The van der Waals surface area contributed by atoms with E-state index in [4.69, 9.17) is 14.2 Å². The molecular formula is C68H127N5O11S. The van der Waals surface area contributed by atoms with Crippen molar-refractivity contribution in [3.8, 4) is 0 Å². The molecule has 0 radical (unpaired) electrons. The number of carbonyl (C=O) groups excluding carboxylic acids is 4. The number of ether oxygens (including phenoxy) is 3. The van der Waals surface area contributed by atoms with Crippen LogP contribution in [0.15, 0.2) is 6.20 Å². The van der Waals surface area contributed by atoms with E-state index in [1.54, 1.807) is 0 Å². The summed E-state index contributed by atoms with van der Waals surface area (Å²) in [6.07, 6.45) is 49.0. The molecule has 1 aromatic rings. The zero-order valence-electron chi connectivity index (χ0n) is 54.3. The van der Waals surface area contributed by atoms with E-state index in [1.807, 2.05) is 0 Å². The number of nitrogens with zero attached hydrogens (tertiary/aromatic N) is 3. The van der Waals surface area contributed by atoms with Crippen LogP contribution in [0.5, 0.6) is 0 Å². The molecule has 0 saturated carbocycles. The normalized spacial score (nSPS) is 17.7. The molecule has 2 rings (SSSR count). The van der Waals surface area contributed by atoms with Gasteiger partial charge in [0.1, 0.15) is 43.2 Å². The first-order valence-electron chi connectivity index (χ1n) is 35.3. The largest absolute Gasteiger partial charge is 0.462 e. The van der Waals surface area contributed by atoms with E-state index < -0.39 is 55.3 Å². The van der Waals surface area contributed by atoms with Gasteiger partial charge in [0, 0.05) is 30.8 Å². The van der Waals surface area contributed by atoms with Gasteiger partial charge in [0.15, 0.2) is 12.0 Å². The van der Waals surface area contributed by atoms with Crippen LogP contribution in [0.3, 0.4) is 0 Å². The second-order valence-corrected chi connectivity index (χ2v) is 25.9. The number of rotatable bonds is 60. The molecule has 0 bridgehead atoms. The zero-order valence-corrected chi connectivity index (χ0v) is 55.1. The predicted molar refractivity (Wildman–Crippen MR) is 346 cm³/mol. The Kier molecular flexibility index (Phi) is 50.9. The highest BCUT2D eigenvalue weighted by Crippen LogP contribution is 2.29. The third-order valence-electron chi connectivity index (χ3n) is 16.8. The molecule has 2 heterocycles. The van der Waals surface area contributed by atoms with Gasteiger partial charge in [-0.25, -0.2) is 4.68 Å². The van der Waals surface area contributed by atoms with Gasteiger partial charge in [-0.3, -0.25) is 19.2 Å². The summed E-state index contributed by atoms with van der Waals surface area (Å²) in [4.78, 5) is 53.9. The summed E-state index contributed by atoms with van der Waals surface area (Å²) in [5.74, 6) is -1.27. The van der Waals surface area contributed by atoms with Crippen molar-refractivity contribution in [2.45, 2.75) is 372 Å². The standard InChI is InChI=1S/C68H127N5O11S/c1-4-7-10-13-16-19-22-25-28-31-34-37-40-43-46-49-61(75)69-58(67(81)70-60-52-73(72-71-60)68-66(80)65(79)64(78)59(53-74)84-68)56-85-55-57(83-63(77)51-48-45-42-39-36-33-30-27-24-21-18-15-12-9-6-3)54-82-62(76)50-47-44-41-38-35-32-29-26-23-20-17-14-11-8-5-2/h52,57-59,64-66,68,74,78-80H,4-51,53-56H2,1-3H3,(H,69,75)(H,70,81)/t57-,58-,59?,64?,65?,66?,68?/m1/s1. The van der Waals surface area contributed by atoms with Gasteiger partial charge >= 0.3 is 11.9 Å². The first kappa shape index (κ1) is 78.3. The molecular weight excluding hydrogens is 1090 g/mol. The summed E-state index contributed by atoms with van der Waals surface area (Å²) in [6, 6.07) is -1.05. The number of thioether (sulfide) groups is 1. The zero-order chi connectivity index (χ0) is 61.6. The molecule has 496 valence electrons. The maximum absolute atomic E-state index is 14.0. The summed E-state index contributed by atoms with van der Waals surface area (Å²) < 4.78 is 18.4. The molecule has 0 aromatic carbocycles. The van der Waals surface area contributed by atoms with Crippen LogP contribution in [0, 0.1) is 0 Å². The van der Waals surface area contributed by atoms with Crippen molar-refractivity contribution in [1.82, 2.24) is 20.3 Å². The molecule has 7 atom stereocenters. The minimum Gasteiger partial charge on any atom is -0.462 e. The summed E-state index contributed by atoms with van der Waals surface area (Å²) in [5, 5.41) is 54.7.